The van der Waals surface area contributed by atoms with Gasteiger partial charge in [0.15, 0.2) is 6.04 Å². The maximum absolute atomic E-state index is 12.3. The average molecular weight is 250 g/mol. The van der Waals surface area contributed by atoms with Crippen LogP contribution >= 0.6 is 0 Å². The van der Waals surface area contributed by atoms with Crippen LogP contribution in [-0.2, 0) is 14.3 Å². The molecule has 0 saturated carbocycles. The predicted octanol–water partition coefficient (Wildman–Crippen LogP) is 0.0956. The van der Waals surface area contributed by atoms with Crippen molar-refractivity contribution in [1.29, 1.82) is 0 Å². The van der Waals surface area contributed by atoms with E-state index < -0.39 is 12.0 Å². The lowest BCUT2D eigenvalue weighted by molar-refractivity contribution is -0.151. The average Bonchev–Trinajstić information content (AvgIpc) is 2.46. The first kappa shape index (κ1) is 12.5. The number of amides is 1. The Labute approximate surface area is 105 Å². The molecule has 0 aliphatic carbocycles. The first-order chi connectivity index (χ1) is 8.74. The third-order valence-corrected chi connectivity index (χ3v) is 2.79. The fraction of sp³-hybridized carbons (Fsp3) is 0.417. The van der Waals surface area contributed by atoms with Gasteiger partial charge in [-0.05, 0) is 12.1 Å². The van der Waals surface area contributed by atoms with Crippen LogP contribution in [0.5, 0.6) is 0 Å². The van der Waals surface area contributed by atoms with E-state index in [1.807, 2.05) is 0 Å². The summed E-state index contributed by atoms with van der Waals surface area (Å²) in [6.45, 7) is 0.967. The van der Waals surface area contributed by atoms with E-state index in [-0.39, 0.29) is 12.5 Å². The Morgan fingerprint density at radius 2 is 2.17 bits per heavy atom. The molecule has 18 heavy (non-hydrogen) atoms. The number of rotatable bonds is 2. The van der Waals surface area contributed by atoms with Crippen molar-refractivity contribution in [3.8, 4) is 0 Å². The Bertz CT molecular complexity index is 435. The summed E-state index contributed by atoms with van der Waals surface area (Å²) < 4.78 is 9.90. The molecule has 1 atom stereocenters. The number of carbonyl (C=O) groups excluding carboxylic acids is 2. The fourth-order valence-electron chi connectivity index (χ4n) is 1.84. The number of methoxy groups -OCH3 is 1. The fourth-order valence-corrected chi connectivity index (χ4v) is 1.84. The molecule has 2 heterocycles. The van der Waals surface area contributed by atoms with Gasteiger partial charge in [0.1, 0.15) is 0 Å². The highest BCUT2D eigenvalue weighted by Crippen LogP contribution is 2.13. The van der Waals surface area contributed by atoms with E-state index in [1.54, 1.807) is 24.5 Å². The molecule has 1 aliphatic rings. The van der Waals surface area contributed by atoms with Crippen molar-refractivity contribution in [3.63, 3.8) is 0 Å². The molecular weight excluding hydrogens is 236 g/mol. The van der Waals surface area contributed by atoms with E-state index >= 15 is 0 Å². The molecule has 0 N–H and O–H groups in total. The zero-order valence-corrected chi connectivity index (χ0v) is 10.0. The standard InChI is InChI=1S/C12H14N2O4/c1-17-12(16)10-8-18-7-6-14(10)11(15)9-2-4-13-5-3-9/h2-5,10H,6-8H2,1H3. The molecular formula is C12H14N2O4. The number of morpholine rings is 1. The number of aromatic nitrogens is 1. The van der Waals surface area contributed by atoms with Gasteiger partial charge in [0.2, 0.25) is 0 Å². The van der Waals surface area contributed by atoms with Crippen molar-refractivity contribution in [2.24, 2.45) is 0 Å². The maximum atomic E-state index is 12.3. The van der Waals surface area contributed by atoms with Crippen LogP contribution in [0.15, 0.2) is 24.5 Å². The topological polar surface area (TPSA) is 68.7 Å². The summed E-state index contributed by atoms with van der Waals surface area (Å²) in [5, 5.41) is 0. The van der Waals surface area contributed by atoms with Crippen LogP contribution in [0.4, 0.5) is 0 Å². The third-order valence-electron chi connectivity index (χ3n) is 2.79. The molecule has 1 fully saturated rings. The normalized spacial score (nSPS) is 19.4. The van der Waals surface area contributed by atoms with E-state index in [9.17, 15) is 9.59 Å². The largest absolute Gasteiger partial charge is 0.467 e. The van der Waals surface area contributed by atoms with Crippen LogP contribution in [0, 0.1) is 0 Å². The SMILES string of the molecule is COC(=O)C1COCCN1C(=O)c1ccncc1. The molecule has 0 radical (unpaired) electrons. The summed E-state index contributed by atoms with van der Waals surface area (Å²) in [6.07, 6.45) is 3.08. The molecule has 1 aromatic rings. The van der Waals surface area contributed by atoms with Crippen LogP contribution in [-0.4, -0.2) is 54.7 Å². The number of ether oxygens (including phenoxy) is 2. The Morgan fingerprint density at radius 1 is 1.44 bits per heavy atom. The van der Waals surface area contributed by atoms with Crippen molar-refractivity contribution in [1.82, 2.24) is 9.88 Å². The van der Waals surface area contributed by atoms with Gasteiger partial charge in [-0.1, -0.05) is 0 Å². The second kappa shape index (κ2) is 5.59. The monoisotopic (exact) mass is 250 g/mol. The van der Waals surface area contributed by atoms with Gasteiger partial charge in [-0.15, -0.1) is 0 Å². The Morgan fingerprint density at radius 3 is 2.83 bits per heavy atom. The molecule has 0 spiro atoms. The van der Waals surface area contributed by atoms with Gasteiger partial charge in [0, 0.05) is 24.5 Å². The van der Waals surface area contributed by atoms with Gasteiger partial charge in [0.05, 0.1) is 20.3 Å². The molecule has 6 heteroatoms. The van der Waals surface area contributed by atoms with Gasteiger partial charge in [-0.3, -0.25) is 9.78 Å². The van der Waals surface area contributed by atoms with E-state index in [4.69, 9.17) is 4.74 Å². The summed E-state index contributed by atoms with van der Waals surface area (Å²) in [4.78, 5) is 29.2. The van der Waals surface area contributed by atoms with E-state index in [2.05, 4.69) is 9.72 Å². The van der Waals surface area contributed by atoms with E-state index in [0.717, 1.165) is 0 Å². The second-order valence-electron chi connectivity index (χ2n) is 3.85. The van der Waals surface area contributed by atoms with Crippen LogP contribution in [0.2, 0.25) is 0 Å². The number of esters is 1. The van der Waals surface area contributed by atoms with Crippen molar-refractivity contribution in [3.05, 3.63) is 30.1 Å². The lowest BCUT2D eigenvalue weighted by atomic mass is 10.1. The van der Waals surface area contributed by atoms with E-state index in [0.29, 0.717) is 18.7 Å². The summed E-state index contributed by atoms with van der Waals surface area (Å²) in [5.74, 6) is -0.673. The number of pyridine rings is 1. The minimum Gasteiger partial charge on any atom is -0.467 e. The van der Waals surface area contributed by atoms with Gasteiger partial charge in [-0.2, -0.15) is 0 Å². The molecule has 6 nitrogen and oxygen atoms in total. The van der Waals surface area contributed by atoms with Crippen LogP contribution in [0.25, 0.3) is 0 Å². The second-order valence-corrected chi connectivity index (χ2v) is 3.85. The first-order valence-electron chi connectivity index (χ1n) is 5.60. The van der Waals surface area contributed by atoms with Crippen molar-refractivity contribution < 1.29 is 19.1 Å². The van der Waals surface area contributed by atoms with Crippen molar-refractivity contribution in [2.75, 3.05) is 26.9 Å². The van der Waals surface area contributed by atoms with Gasteiger partial charge < -0.3 is 14.4 Å². The number of nitrogens with zero attached hydrogens (tertiary/aromatic N) is 2. The summed E-state index contributed by atoms with van der Waals surface area (Å²) in [6, 6.07) is 2.56. The summed E-state index contributed by atoms with van der Waals surface area (Å²) in [5.41, 5.74) is 0.501. The van der Waals surface area contributed by atoms with Gasteiger partial charge in [0.25, 0.3) is 5.91 Å². The molecule has 0 bridgehead atoms. The number of hydrogen-bond acceptors (Lipinski definition) is 5. The van der Waals surface area contributed by atoms with Crippen molar-refractivity contribution in [2.45, 2.75) is 6.04 Å². The van der Waals surface area contributed by atoms with E-state index in [1.165, 1.54) is 12.0 Å². The zero-order valence-electron chi connectivity index (χ0n) is 10.0. The molecule has 1 saturated heterocycles. The summed E-state index contributed by atoms with van der Waals surface area (Å²) in [7, 11) is 1.30. The highest BCUT2D eigenvalue weighted by molar-refractivity contribution is 5.96. The molecule has 1 amide bonds. The Kier molecular flexibility index (Phi) is 3.88. The molecule has 0 aromatic carbocycles. The van der Waals surface area contributed by atoms with Crippen LogP contribution < -0.4 is 0 Å². The summed E-state index contributed by atoms with van der Waals surface area (Å²) >= 11 is 0. The molecule has 96 valence electrons. The third kappa shape index (κ3) is 2.48. The molecule has 1 aromatic heterocycles. The maximum Gasteiger partial charge on any atom is 0.331 e. The van der Waals surface area contributed by atoms with Crippen molar-refractivity contribution >= 4 is 11.9 Å². The van der Waals surface area contributed by atoms with Crippen LogP contribution in [0.1, 0.15) is 10.4 Å². The number of carbonyl (C=O) groups is 2. The lowest BCUT2D eigenvalue weighted by Gasteiger charge is -2.33. The highest BCUT2D eigenvalue weighted by Gasteiger charge is 2.33. The quantitative estimate of drug-likeness (QED) is 0.696. The molecule has 2 rings (SSSR count). The zero-order chi connectivity index (χ0) is 13.0. The number of hydrogen-bond donors (Lipinski definition) is 0. The Balaban J connectivity index is 2.19. The smallest absolute Gasteiger partial charge is 0.331 e. The minimum absolute atomic E-state index is 0.170. The van der Waals surface area contributed by atoms with Crippen LogP contribution in [0.3, 0.4) is 0 Å². The Hall–Kier alpha value is -1.95. The van der Waals surface area contributed by atoms with Gasteiger partial charge >= 0.3 is 5.97 Å². The first-order valence-corrected chi connectivity index (χ1v) is 5.60. The predicted molar refractivity (Wildman–Crippen MR) is 61.9 cm³/mol. The molecule has 1 aliphatic heterocycles. The minimum atomic E-state index is -0.676. The highest BCUT2D eigenvalue weighted by atomic mass is 16.5. The molecule has 1 unspecified atom stereocenters. The van der Waals surface area contributed by atoms with Gasteiger partial charge in [-0.25, -0.2) is 4.79 Å². The lowest BCUT2D eigenvalue weighted by Crippen LogP contribution is -2.53.